The Bertz CT molecular complexity index is 1640. The van der Waals surface area contributed by atoms with Gasteiger partial charge in [-0.15, -0.1) is 8.67 Å². The van der Waals surface area contributed by atoms with E-state index in [4.69, 9.17) is 24.3 Å². The third-order valence-electron chi connectivity index (χ3n) is 5.77. The van der Waals surface area contributed by atoms with Crippen LogP contribution in [0.25, 0.3) is 32.3 Å². The summed E-state index contributed by atoms with van der Waals surface area (Å²) in [4.78, 5) is 11.8. The van der Waals surface area contributed by atoms with Crippen LogP contribution in [0.15, 0.2) is 63.2 Å². The Morgan fingerprint density at radius 1 is 0.950 bits per heavy atom. The number of carbonyl (C=O) groups is 1. The summed E-state index contributed by atoms with van der Waals surface area (Å²) in [6.07, 6.45) is 0.539. The van der Waals surface area contributed by atoms with E-state index in [9.17, 15) is 17.8 Å². The van der Waals surface area contributed by atoms with Crippen LogP contribution in [-0.4, -0.2) is 49.4 Å². The number of carbonyl (C=O) groups excluding carboxylic acids is 1. The van der Waals surface area contributed by atoms with Gasteiger partial charge in [0.25, 0.3) is 10.1 Å². The second-order valence-corrected chi connectivity index (χ2v) is 11.2. The molecule has 0 atom stereocenters. The number of rotatable bonds is 15. The zero-order valence-electron chi connectivity index (χ0n) is 20.7. The van der Waals surface area contributed by atoms with Gasteiger partial charge in [0.2, 0.25) is 0 Å². The number of nitrogens with one attached hydrogen (secondary N) is 1. The highest BCUT2D eigenvalue weighted by molar-refractivity contribution is 7.95. The summed E-state index contributed by atoms with van der Waals surface area (Å²) in [5.41, 5.74) is 0.910. The van der Waals surface area contributed by atoms with Gasteiger partial charge in [0.15, 0.2) is 6.79 Å². The lowest BCUT2D eigenvalue weighted by Gasteiger charge is -2.19. The number of hydrogen-bond acceptors (Lipinski definition) is 14. The van der Waals surface area contributed by atoms with Crippen LogP contribution >= 0.6 is 24.1 Å². The molecule has 0 bridgehead atoms. The average molecular weight is 614 g/mol. The van der Waals surface area contributed by atoms with Crippen molar-refractivity contribution in [1.82, 2.24) is 0 Å². The van der Waals surface area contributed by atoms with E-state index in [2.05, 4.69) is 26.3 Å². The zero-order valence-corrected chi connectivity index (χ0v) is 23.2. The molecule has 0 aliphatic carbocycles. The fourth-order valence-corrected chi connectivity index (χ4v) is 6.02. The highest BCUT2D eigenvalue weighted by Gasteiger charge is 2.23. The molecule has 214 valence electrons. The molecular formula is C24H23NO12S3. The number of ether oxygens (including phenoxy) is 2. The zero-order chi connectivity index (χ0) is 28.9. The molecule has 0 saturated carbocycles. The van der Waals surface area contributed by atoms with Crippen LogP contribution in [0.5, 0.6) is 0 Å². The van der Waals surface area contributed by atoms with Gasteiger partial charge in [-0.05, 0) is 36.2 Å². The van der Waals surface area contributed by atoms with Gasteiger partial charge in [-0.3, -0.25) is 4.55 Å². The first kappa shape index (κ1) is 30.2. The Morgan fingerprint density at radius 2 is 1.52 bits per heavy atom. The standard InChI is InChI=1S/C24H23NO12S3/c1-13(2)24(26)33-12-32-9-3-8-25-18-10-19(38-36-34-27)15-5-6-16-20(39-37-35-28)11-21(40(29,30)31)17-7-4-14(18)22(15)23(16)17/h4-7,10-11,25,27-28H,1,3,8-9,12H2,2H3,(H,29,30,31). The maximum Gasteiger partial charge on any atom is 0.335 e. The Hall–Kier alpha value is -2.74. The van der Waals surface area contributed by atoms with Crippen molar-refractivity contribution < 1.29 is 56.5 Å². The molecule has 4 aromatic rings. The van der Waals surface area contributed by atoms with Gasteiger partial charge in [0.1, 0.15) is 4.90 Å². The summed E-state index contributed by atoms with van der Waals surface area (Å²) in [5, 5.41) is 31.4. The molecule has 0 saturated heterocycles. The first-order valence-corrected chi connectivity index (χ1v) is 14.3. The van der Waals surface area contributed by atoms with Gasteiger partial charge in [-0.25, -0.2) is 15.3 Å². The van der Waals surface area contributed by atoms with E-state index in [1.54, 1.807) is 30.3 Å². The second-order valence-electron chi connectivity index (χ2n) is 8.31. The summed E-state index contributed by atoms with van der Waals surface area (Å²) in [7, 11) is -4.67. The molecule has 0 spiro atoms. The molecule has 0 radical (unpaired) electrons. The molecule has 0 aliphatic heterocycles. The second kappa shape index (κ2) is 13.3. The lowest BCUT2D eigenvalue weighted by Crippen LogP contribution is -2.11. The van der Waals surface area contributed by atoms with E-state index in [-0.39, 0.29) is 34.2 Å². The third kappa shape index (κ3) is 6.59. The maximum absolute atomic E-state index is 12.3. The van der Waals surface area contributed by atoms with Gasteiger partial charge < -0.3 is 14.8 Å². The van der Waals surface area contributed by atoms with Crippen molar-refractivity contribution in [2.75, 3.05) is 25.3 Å². The van der Waals surface area contributed by atoms with Crippen molar-refractivity contribution in [2.24, 2.45) is 0 Å². The molecule has 0 amide bonds. The normalized spacial score (nSPS) is 12.0. The van der Waals surface area contributed by atoms with Crippen molar-refractivity contribution >= 4 is 78.2 Å². The number of anilines is 1. The Morgan fingerprint density at radius 3 is 2.12 bits per heavy atom. The van der Waals surface area contributed by atoms with E-state index in [0.29, 0.717) is 62.5 Å². The van der Waals surface area contributed by atoms with Crippen LogP contribution in [0.1, 0.15) is 13.3 Å². The predicted molar refractivity (Wildman–Crippen MR) is 146 cm³/mol. The highest BCUT2D eigenvalue weighted by atomic mass is 32.2. The summed E-state index contributed by atoms with van der Waals surface area (Å²) in [6, 6.07) is 9.74. The van der Waals surface area contributed by atoms with Gasteiger partial charge in [0, 0.05) is 49.1 Å². The van der Waals surface area contributed by atoms with E-state index in [1.807, 2.05) is 0 Å². The van der Waals surface area contributed by atoms with E-state index in [0.717, 1.165) is 12.0 Å². The molecule has 0 heterocycles. The van der Waals surface area contributed by atoms with Crippen LogP contribution in [0.3, 0.4) is 0 Å². The SMILES string of the molecule is C=C(C)C(=O)OCOCCCNc1cc(SOOO)c2ccc3c(SOOO)cc(S(=O)(=O)O)c4ccc1c2c34. The molecule has 4 aromatic carbocycles. The van der Waals surface area contributed by atoms with Gasteiger partial charge in [-0.1, -0.05) is 40.9 Å². The topological polar surface area (TPSA) is 179 Å². The summed E-state index contributed by atoms with van der Waals surface area (Å²) >= 11 is 1.28. The van der Waals surface area contributed by atoms with Crippen molar-refractivity contribution in [1.29, 1.82) is 0 Å². The Kier molecular flexibility index (Phi) is 10.0. The smallest absolute Gasteiger partial charge is 0.335 e. The molecule has 16 heteroatoms. The molecular weight excluding hydrogens is 590 g/mol. The first-order valence-electron chi connectivity index (χ1n) is 11.4. The largest absolute Gasteiger partial charge is 0.435 e. The monoisotopic (exact) mass is 613 g/mol. The van der Waals surface area contributed by atoms with Gasteiger partial charge in [0.05, 0.1) is 30.7 Å². The highest BCUT2D eigenvalue weighted by Crippen LogP contribution is 2.46. The maximum atomic E-state index is 12.3. The van der Waals surface area contributed by atoms with Crippen LogP contribution in [-0.2, 0) is 43.1 Å². The lowest BCUT2D eigenvalue weighted by molar-refractivity contribution is -0.432. The molecule has 13 nitrogen and oxygen atoms in total. The first-order chi connectivity index (χ1) is 19.2. The molecule has 0 aliphatic rings. The summed E-state index contributed by atoms with van der Waals surface area (Å²) in [6.45, 7) is 5.56. The van der Waals surface area contributed by atoms with Gasteiger partial charge >= 0.3 is 5.97 Å². The van der Waals surface area contributed by atoms with Crippen LogP contribution in [0.2, 0.25) is 0 Å². The molecule has 0 fully saturated rings. The Balaban J connectivity index is 1.74. The average Bonchev–Trinajstić information content (AvgIpc) is 2.92. The molecule has 0 unspecified atom stereocenters. The quantitative estimate of drug-likeness (QED) is 0.0150. The number of hydrogen-bond donors (Lipinski definition) is 4. The van der Waals surface area contributed by atoms with E-state index in [1.165, 1.54) is 13.0 Å². The van der Waals surface area contributed by atoms with E-state index >= 15 is 0 Å². The third-order valence-corrected chi connectivity index (χ3v) is 7.96. The minimum Gasteiger partial charge on any atom is -0.435 e. The number of benzene rings is 4. The van der Waals surface area contributed by atoms with Crippen molar-refractivity contribution in [3.05, 3.63) is 48.6 Å². The van der Waals surface area contributed by atoms with Crippen molar-refractivity contribution in [3.8, 4) is 0 Å². The minimum absolute atomic E-state index is 0.203. The van der Waals surface area contributed by atoms with Crippen molar-refractivity contribution in [2.45, 2.75) is 28.0 Å². The fraction of sp³-hybridized carbons (Fsp3) is 0.208. The molecule has 0 aromatic heterocycles. The Labute approximate surface area is 236 Å². The minimum atomic E-state index is -4.67. The summed E-state index contributed by atoms with van der Waals surface area (Å²) < 4.78 is 54.1. The number of esters is 1. The van der Waals surface area contributed by atoms with Crippen LogP contribution in [0, 0.1) is 0 Å². The van der Waals surface area contributed by atoms with E-state index < -0.39 is 16.1 Å². The molecule has 4 N–H and O–H groups in total. The van der Waals surface area contributed by atoms with Crippen molar-refractivity contribution in [3.63, 3.8) is 0 Å². The fourth-order valence-electron chi connectivity index (χ4n) is 4.17. The summed E-state index contributed by atoms with van der Waals surface area (Å²) in [5.74, 6) is -0.542. The van der Waals surface area contributed by atoms with Gasteiger partial charge in [-0.2, -0.15) is 8.42 Å². The molecule has 40 heavy (non-hydrogen) atoms. The lowest BCUT2D eigenvalue weighted by atomic mass is 9.93. The molecule has 4 rings (SSSR count). The predicted octanol–water partition coefficient (Wildman–Crippen LogP) is 5.58. The van der Waals surface area contributed by atoms with Crippen LogP contribution in [0.4, 0.5) is 5.69 Å². The van der Waals surface area contributed by atoms with Crippen LogP contribution < -0.4 is 5.32 Å².